The van der Waals surface area contributed by atoms with Gasteiger partial charge in [-0.25, -0.2) is 29.6 Å². The summed E-state index contributed by atoms with van der Waals surface area (Å²) in [7, 11) is -11.1. The number of halogens is 1. The summed E-state index contributed by atoms with van der Waals surface area (Å²) in [6, 6.07) is 34.7. The van der Waals surface area contributed by atoms with Crippen LogP contribution >= 0.6 is 0 Å². The lowest BCUT2D eigenvalue weighted by Crippen LogP contribution is -2.03. The molecule has 15 nitrogen and oxygen atoms in total. The number of sulfone groups is 3. The second-order valence-corrected chi connectivity index (χ2v) is 19.1. The summed E-state index contributed by atoms with van der Waals surface area (Å²) in [5.41, 5.74) is 2.43. The van der Waals surface area contributed by atoms with Gasteiger partial charge in [-0.1, -0.05) is 73.2 Å². The van der Waals surface area contributed by atoms with Crippen LogP contribution in [0.25, 0.3) is 17.1 Å². The Labute approximate surface area is 375 Å². The molecule has 0 amide bonds. The van der Waals surface area contributed by atoms with Crippen molar-refractivity contribution in [1.82, 2.24) is 0 Å². The van der Waals surface area contributed by atoms with Gasteiger partial charge in [-0.3, -0.25) is 15.6 Å². The van der Waals surface area contributed by atoms with Crippen LogP contribution < -0.4 is 0 Å². The monoisotopic (exact) mass is 946 g/mol. The van der Waals surface area contributed by atoms with E-state index in [1.54, 1.807) is 54.6 Å². The molecule has 0 fully saturated rings. The van der Waals surface area contributed by atoms with E-state index in [0.717, 1.165) is 16.5 Å². The van der Waals surface area contributed by atoms with Gasteiger partial charge in [0.15, 0.2) is 35.8 Å². The molecule has 0 spiro atoms. The van der Waals surface area contributed by atoms with Gasteiger partial charge in [-0.05, 0) is 92.2 Å². The zero-order chi connectivity index (χ0) is 46.8. The van der Waals surface area contributed by atoms with Gasteiger partial charge in [0.05, 0.1) is 32.9 Å². The highest BCUT2D eigenvalue weighted by atomic mass is 32.2. The fourth-order valence-corrected chi connectivity index (χ4v) is 8.87. The lowest BCUT2D eigenvalue weighted by Gasteiger charge is -2.07. The quantitative estimate of drug-likeness (QED) is 0.0452. The van der Waals surface area contributed by atoms with Crippen molar-refractivity contribution in [3.63, 3.8) is 0 Å². The summed E-state index contributed by atoms with van der Waals surface area (Å²) >= 11 is 0. The molecule has 7 aromatic rings. The molecule has 0 aliphatic rings. The summed E-state index contributed by atoms with van der Waals surface area (Å²) in [6.45, 7) is 13.5. The first-order chi connectivity index (χ1) is 30.2. The highest BCUT2D eigenvalue weighted by Crippen LogP contribution is 2.33. The number of aryl methyl sites for hydroxylation is 2. The molecule has 0 bridgehead atoms. The lowest BCUT2D eigenvalue weighted by molar-refractivity contribution is -0.715. The molecule has 0 radical (unpaired) electrons. The van der Waals surface area contributed by atoms with Crippen LogP contribution in [0.4, 0.5) is 22.0 Å². The van der Waals surface area contributed by atoms with Crippen molar-refractivity contribution in [1.29, 1.82) is 0 Å². The standard InChI is InChI=1S/C19H15FNO4S.C14H14NO4S.C12H12NO4S.CH4/c1-21(22)19-12-11-17(25-19)18(13-14-7-9-15(20)10-8-14)26(23,24)16-5-3-2-4-6-16;1-11-3-6-13(7-4-11)20(17,18)10-9-12-5-8-14(19-12)15(2)16;1-9-3-5-10(6-4-9)18(15,16)12-8-7-11(17-12)13(2)14;/h2-13,22H,1H2;3-10,16H,2H2,1H3;3-8,14H,2H2,1H3;1H4/q3*+1;/b18-13+;10-9+;;. The molecule has 0 aliphatic carbocycles. The predicted octanol–water partition coefficient (Wildman–Crippen LogP) is 9.68. The molecule has 3 N–H and O–H groups in total. The third kappa shape index (κ3) is 13.0. The van der Waals surface area contributed by atoms with Crippen LogP contribution in [0.15, 0.2) is 178 Å². The van der Waals surface area contributed by atoms with Crippen LogP contribution in [0.2, 0.25) is 0 Å². The highest BCUT2D eigenvalue weighted by molar-refractivity contribution is 8.00. The van der Waals surface area contributed by atoms with Crippen LogP contribution in [-0.2, 0) is 29.5 Å². The fourth-order valence-electron chi connectivity index (χ4n) is 5.28. The van der Waals surface area contributed by atoms with Gasteiger partial charge in [0.25, 0.3) is 0 Å². The third-order valence-electron chi connectivity index (χ3n) is 8.65. The maximum absolute atomic E-state index is 13.1. The number of rotatable bonds is 12. The minimum Gasteiger partial charge on any atom is -0.402 e. The van der Waals surface area contributed by atoms with Crippen LogP contribution in [0.3, 0.4) is 0 Å². The van der Waals surface area contributed by atoms with E-state index in [4.69, 9.17) is 23.7 Å². The van der Waals surface area contributed by atoms with E-state index in [1.807, 2.05) is 13.8 Å². The molecule has 4 aromatic carbocycles. The molecular weight excluding hydrogens is 902 g/mol. The largest absolute Gasteiger partial charge is 0.422 e. The van der Waals surface area contributed by atoms with Crippen molar-refractivity contribution in [3.05, 3.63) is 179 Å². The first-order valence-electron chi connectivity index (χ1n) is 18.4. The van der Waals surface area contributed by atoms with Crippen LogP contribution in [0.5, 0.6) is 0 Å². The van der Waals surface area contributed by atoms with Gasteiger partial charge in [-0.2, -0.15) is 0 Å². The third-order valence-corrected chi connectivity index (χ3v) is 13.5. The molecule has 0 unspecified atom stereocenters. The second kappa shape index (κ2) is 21.2. The van der Waals surface area contributed by atoms with Gasteiger partial charge < -0.3 is 13.3 Å². The van der Waals surface area contributed by atoms with Crippen LogP contribution in [0, 0.1) is 19.7 Å². The van der Waals surface area contributed by atoms with Gasteiger partial charge in [-0.15, -0.1) is 0 Å². The molecule has 0 saturated carbocycles. The zero-order valence-corrected chi connectivity index (χ0v) is 36.5. The second-order valence-electron chi connectivity index (χ2n) is 13.5. The molecule has 3 aromatic heterocycles. The number of nitrogens with zero attached hydrogens (tertiary/aromatic N) is 3. The molecule has 7 rings (SSSR count). The van der Waals surface area contributed by atoms with Crippen molar-refractivity contribution in [2.75, 3.05) is 0 Å². The first kappa shape index (κ1) is 50.0. The Balaban J connectivity index is 0.000000216. The summed E-state index contributed by atoms with van der Waals surface area (Å²) in [5, 5.41) is 28.3. The van der Waals surface area contributed by atoms with Crippen molar-refractivity contribution >= 4 is 84.4 Å². The molecule has 0 saturated heterocycles. The summed E-state index contributed by atoms with van der Waals surface area (Å²) < 4.78 is 105. The summed E-state index contributed by atoms with van der Waals surface area (Å²) in [6.07, 6.45) is 2.71. The van der Waals surface area contributed by atoms with E-state index < -0.39 is 35.3 Å². The average molecular weight is 947 g/mol. The van der Waals surface area contributed by atoms with Crippen molar-refractivity contribution in [3.8, 4) is 0 Å². The average Bonchev–Trinajstić information content (AvgIpc) is 4.07. The van der Waals surface area contributed by atoms with Gasteiger partial charge >= 0.3 is 17.7 Å². The molecule has 0 atom stereocenters. The number of benzene rings is 4. The molecule has 65 heavy (non-hydrogen) atoms. The molecule has 19 heteroatoms. The first-order valence-corrected chi connectivity index (χ1v) is 23.0. The Kier molecular flexibility index (Phi) is 16.3. The van der Waals surface area contributed by atoms with E-state index in [-0.39, 0.29) is 55.5 Å². The van der Waals surface area contributed by atoms with Gasteiger partial charge in [0.1, 0.15) is 16.5 Å². The van der Waals surface area contributed by atoms with Gasteiger partial charge in [0.2, 0.25) is 24.8 Å². The number of hydrogen-bond acceptors (Lipinski definition) is 12. The topological polar surface area (TPSA) is 212 Å². The van der Waals surface area contributed by atoms with Crippen LogP contribution in [0.1, 0.15) is 35.6 Å². The van der Waals surface area contributed by atoms with Crippen molar-refractivity contribution in [2.45, 2.75) is 41.1 Å². The van der Waals surface area contributed by atoms with E-state index in [9.17, 15) is 34.9 Å². The molecule has 0 aliphatic heterocycles. The number of hydrogen-bond donors (Lipinski definition) is 3. The maximum Gasteiger partial charge on any atom is 0.422 e. The highest BCUT2D eigenvalue weighted by Gasteiger charge is 2.27. The fraction of sp³-hybridized carbons (Fsp3) is 0.0652. The van der Waals surface area contributed by atoms with Crippen molar-refractivity contribution < 1.29 is 72.7 Å². The molecule has 338 valence electrons. The maximum atomic E-state index is 13.1. The Bertz CT molecular complexity index is 3190. The van der Waals surface area contributed by atoms with Crippen molar-refractivity contribution in [2.24, 2.45) is 0 Å². The van der Waals surface area contributed by atoms with E-state index in [1.165, 1.54) is 97.1 Å². The Hall–Kier alpha value is -7.61. The van der Waals surface area contributed by atoms with E-state index in [2.05, 4.69) is 20.2 Å². The van der Waals surface area contributed by atoms with Crippen LogP contribution in [-0.4, -0.2) is 75.2 Å². The summed E-state index contributed by atoms with van der Waals surface area (Å²) in [5.74, 6) is -0.0384. The molecular formula is C46H45FN3O12S3+3. The number of furan rings is 3. The normalized spacial score (nSPS) is 11.6. The predicted molar refractivity (Wildman–Crippen MR) is 241 cm³/mol. The van der Waals surface area contributed by atoms with Gasteiger partial charge in [0, 0.05) is 25.7 Å². The van der Waals surface area contributed by atoms with E-state index >= 15 is 0 Å². The smallest absolute Gasteiger partial charge is 0.402 e. The Morgan fingerprint density at radius 3 is 1.57 bits per heavy atom. The minimum atomic E-state index is -3.92. The zero-order valence-electron chi connectivity index (χ0n) is 34.1. The Morgan fingerprint density at radius 2 is 1.06 bits per heavy atom. The lowest BCUT2D eigenvalue weighted by atomic mass is 10.2. The SMILES string of the molecule is C.C=[N+](O)c1ccc(/C(=C\c2ccc(F)cc2)S(=O)(=O)c2ccccc2)o1.C=[N+](O)c1ccc(/C=C/S(=O)(=O)c2ccc(C)cc2)o1.C=[N+](O)c1ccc(S(=O)(=O)c2ccc(C)cc2)o1. The summed E-state index contributed by atoms with van der Waals surface area (Å²) in [4.78, 5) is 0.319. The molecule has 3 heterocycles. The minimum absolute atomic E-state index is 0. The Morgan fingerprint density at radius 1 is 0.569 bits per heavy atom. The van der Waals surface area contributed by atoms with E-state index in [0.29, 0.717) is 25.5 Å².